The molecule has 0 saturated carbocycles. The maximum Gasteiger partial charge on any atom is 0.225 e. The third-order valence-electron chi connectivity index (χ3n) is 2.55. The molecular formula is C12H10NS+. The fraction of sp³-hybridized carbons (Fsp3) is 0.0833. The Kier molecular flexibility index (Phi) is 1.58. The highest BCUT2D eigenvalue weighted by molar-refractivity contribution is 7.16. The van der Waals surface area contributed by atoms with Crippen LogP contribution in [-0.4, -0.2) is 0 Å². The van der Waals surface area contributed by atoms with Crippen molar-refractivity contribution in [2.24, 2.45) is 7.05 Å². The fourth-order valence-corrected chi connectivity index (χ4v) is 2.67. The number of benzene rings is 2. The van der Waals surface area contributed by atoms with E-state index in [1.807, 2.05) is 0 Å². The molecule has 0 fully saturated rings. The van der Waals surface area contributed by atoms with Gasteiger partial charge in [-0.2, -0.15) is 4.57 Å². The van der Waals surface area contributed by atoms with E-state index >= 15 is 0 Å². The minimum atomic E-state index is 1.31. The first-order valence-corrected chi connectivity index (χ1v) is 5.48. The van der Waals surface area contributed by atoms with E-state index in [-0.39, 0.29) is 0 Å². The Balaban J connectivity index is 2.54. The summed E-state index contributed by atoms with van der Waals surface area (Å²) in [7, 11) is 2.09. The third-order valence-corrected chi connectivity index (χ3v) is 3.55. The van der Waals surface area contributed by atoms with Gasteiger partial charge >= 0.3 is 0 Å². The highest BCUT2D eigenvalue weighted by Crippen LogP contribution is 2.23. The largest absolute Gasteiger partial charge is 0.225 e. The van der Waals surface area contributed by atoms with Crippen molar-refractivity contribution in [2.45, 2.75) is 0 Å². The maximum absolute atomic E-state index is 2.26. The van der Waals surface area contributed by atoms with E-state index in [2.05, 4.69) is 53.5 Å². The van der Waals surface area contributed by atoms with Gasteiger partial charge in [0.05, 0.1) is 0 Å². The van der Waals surface area contributed by atoms with E-state index < -0.39 is 0 Å². The van der Waals surface area contributed by atoms with Crippen molar-refractivity contribution in [2.75, 3.05) is 0 Å². The summed E-state index contributed by atoms with van der Waals surface area (Å²) in [6.07, 6.45) is 0. The lowest BCUT2D eigenvalue weighted by molar-refractivity contribution is -0.640. The van der Waals surface area contributed by atoms with Crippen LogP contribution in [0.1, 0.15) is 0 Å². The molecule has 0 aliphatic rings. The molecule has 2 aromatic carbocycles. The lowest BCUT2D eigenvalue weighted by Gasteiger charge is -1.94. The van der Waals surface area contributed by atoms with E-state index in [0.29, 0.717) is 0 Å². The SMILES string of the molecule is C[n+]1csc2cc3ccccc3cc21. The Morgan fingerprint density at radius 1 is 1.07 bits per heavy atom. The van der Waals surface area contributed by atoms with Gasteiger partial charge in [0.2, 0.25) is 11.0 Å². The Labute approximate surface area is 86.2 Å². The quantitative estimate of drug-likeness (QED) is 0.491. The van der Waals surface area contributed by atoms with Crippen LogP contribution in [0.4, 0.5) is 0 Å². The number of rotatable bonds is 0. The summed E-state index contributed by atoms with van der Waals surface area (Å²) in [5, 5.41) is 2.64. The van der Waals surface area contributed by atoms with Crippen molar-refractivity contribution in [3.63, 3.8) is 0 Å². The van der Waals surface area contributed by atoms with Crippen LogP contribution in [0.3, 0.4) is 0 Å². The molecule has 0 saturated heterocycles. The Hall–Kier alpha value is -1.41. The van der Waals surface area contributed by atoms with E-state index in [9.17, 15) is 0 Å². The summed E-state index contributed by atoms with van der Waals surface area (Å²) in [5.41, 5.74) is 3.46. The summed E-state index contributed by atoms with van der Waals surface area (Å²) in [5.74, 6) is 0. The molecule has 1 heterocycles. The molecule has 0 N–H and O–H groups in total. The zero-order chi connectivity index (χ0) is 9.54. The molecule has 2 heteroatoms. The smallest absolute Gasteiger partial charge is 0.191 e. The van der Waals surface area contributed by atoms with Gasteiger partial charge in [0, 0.05) is 6.07 Å². The maximum atomic E-state index is 2.26. The van der Waals surface area contributed by atoms with Gasteiger partial charge in [0.15, 0.2) is 0 Å². The van der Waals surface area contributed by atoms with E-state index in [1.54, 1.807) is 11.3 Å². The van der Waals surface area contributed by atoms with Crippen LogP contribution < -0.4 is 4.57 Å². The number of fused-ring (bicyclic) bond motifs is 2. The van der Waals surface area contributed by atoms with Gasteiger partial charge in [-0.3, -0.25) is 0 Å². The molecule has 0 bridgehead atoms. The molecule has 0 aliphatic carbocycles. The highest BCUT2D eigenvalue weighted by atomic mass is 32.1. The number of hydrogen-bond donors (Lipinski definition) is 0. The average molecular weight is 200 g/mol. The summed E-state index contributed by atoms with van der Waals surface area (Å²) < 4.78 is 3.53. The van der Waals surface area contributed by atoms with E-state index in [0.717, 1.165) is 0 Å². The van der Waals surface area contributed by atoms with Crippen LogP contribution in [0.25, 0.3) is 21.0 Å². The molecule has 3 aromatic rings. The van der Waals surface area contributed by atoms with Gasteiger partial charge in [0.25, 0.3) is 0 Å². The second kappa shape index (κ2) is 2.79. The second-order valence-corrected chi connectivity index (χ2v) is 4.39. The van der Waals surface area contributed by atoms with E-state index in [4.69, 9.17) is 0 Å². The molecular weight excluding hydrogens is 190 g/mol. The number of aromatic nitrogens is 1. The predicted molar refractivity (Wildman–Crippen MR) is 60.5 cm³/mol. The minimum absolute atomic E-state index is 1.31. The molecule has 0 unspecified atom stereocenters. The highest BCUT2D eigenvalue weighted by Gasteiger charge is 2.07. The number of nitrogens with zero attached hydrogens (tertiary/aromatic N) is 1. The third kappa shape index (κ3) is 1.04. The van der Waals surface area contributed by atoms with E-state index in [1.165, 1.54) is 21.0 Å². The molecule has 1 nitrogen and oxygen atoms in total. The first-order chi connectivity index (χ1) is 6.84. The van der Waals surface area contributed by atoms with Crippen molar-refractivity contribution in [3.8, 4) is 0 Å². The van der Waals surface area contributed by atoms with Crippen molar-refractivity contribution >= 4 is 32.3 Å². The first-order valence-electron chi connectivity index (χ1n) is 4.60. The van der Waals surface area contributed by atoms with Crippen molar-refractivity contribution < 1.29 is 4.57 Å². The molecule has 3 rings (SSSR count). The molecule has 0 atom stereocenters. The Bertz CT molecular complexity index is 610. The van der Waals surface area contributed by atoms with Gasteiger partial charge in [-0.05, 0) is 16.8 Å². The minimum Gasteiger partial charge on any atom is -0.191 e. The molecule has 14 heavy (non-hydrogen) atoms. The monoisotopic (exact) mass is 200 g/mol. The van der Waals surface area contributed by atoms with Gasteiger partial charge in [-0.15, -0.1) is 0 Å². The zero-order valence-electron chi connectivity index (χ0n) is 7.90. The van der Waals surface area contributed by atoms with Crippen LogP contribution in [-0.2, 0) is 7.05 Å². The molecule has 68 valence electrons. The number of thiazole rings is 1. The van der Waals surface area contributed by atoms with Crippen LogP contribution in [0.2, 0.25) is 0 Å². The average Bonchev–Trinajstić information content (AvgIpc) is 2.57. The molecule has 0 spiro atoms. The van der Waals surface area contributed by atoms with Crippen molar-refractivity contribution in [1.29, 1.82) is 0 Å². The fourth-order valence-electron chi connectivity index (χ4n) is 1.77. The Morgan fingerprint density at radius 3 is 2.57 bits per heavy atom. The summed E-state index contributed by atoms with van der Waals surface area (Å²) >= 11 is 1.79. The normalized spacial score (nSPS) is 11.2. The van der Waals surface area contributed by atoms with Crippen LogP contribution in [0.5, 0.6) is 0 Å². The van der Waals surface area contributed by atoms with Gasteiger partial charge in [-0.1, -0.05) is 35.6 Å². The molecule has 0 aliphatic heterocycles. The Morgan fingerprint density at radius 2 is 1.79 bits per heavy atom. The van der Waals surface area contributed by atoms with Crippen molar-refractivity contribution in [3.05, 3.63) is 41.9 Å². The molecule has 1 aromatic heterocycles. The molecule has 0 radical (unpaired) electrons. The van der Waals surface area contributed by atoms with Gasteiger partial charge in [0.1, 0.15) is 11.7 Å². The van der Waals surface area contributed by atoms with Gasteiger partial charge in [-0.25, -0.2) is 0 Å². The lowest BCUT2D eigenvalue weighted by Crippen LogP contribution is -2.24. The summed E-state index contributed by atoms with van der Waals surface area (Å²) in [4.78, 5) is 0. The first kappa shape index (κ1) is 7.94. The predicted octanol–water partition coefficient (Wildman–Crippen LogP) is 2.88. The lowest BCUT2D eigenvalue weighted by atomic mass is 10.1. The topological polar surface area (TPSA) is 3.88 Å². The molecule has 0 amide bonds. The second-order valence-electron chi connectivity index (χ2n) is 3.50. The van der Waals surface area contributed by atoms with Crippen molar-refractivity contribution in [1.82, 2.24) is 0 Å². The number of hydrogen-bond acceptors (Lipinski definition) is 1. The summed E-state index contributed by atoms with van der Waals surface area (Å²) in [6.45, 7) is 0. The zero-order valence-corrected chi connectivity index (χ0v) is 8.71. The summed E-state index contributed by atoms with van der Waals surface area (Å²) in [6, 6.07) is 13.0. The standard InChI is InChI=1S/C12H10NS/c1-13-8-14-12-7-10-5-3-2-4-9(10)6-11(12)13/h2-8H,1H3/q+1. The van der Waals surface area contributed by atoms with Gasteiger partial charge < -0.3 is 0 Å². The van der Waals surface area contributed by atoms with Crippen LogP contribution in [0, 0.1) is 0 Å². The van der Waals surface area contributed by atoms with Crippen LogP contribution >= 0.6 is 11.3 Å². The van der Waals surface area contributed by atoms with Crippen LogP contribution in [0.15, 0.2) is 41.9 Å². The number of aryl methyl sites for hydroxylation is 1.